The average molecular weight is 243 g/mol. The van der Waals surface area contributed by atoms with Crippen LogP contribution in [0.5, 0.6) is 0 Å². The number of rotatable bonds is 6. The van der Waals surface area contributed by atoms with Crippen LogP contribution in [0.25, 0.3) is 0 Å². The van der Waals surface area contributed by atoms with Crippen molar-refractivity contribution in [2.24, 2.45) is 11.7 Å². The van der Waals surface area contributed by atoms with Gasteiger partial charge in [-0.2, -0.15) is 0 Å². The summed E-state index contributed by atoms with van der Waals surface area (Å²) < 4.78 is 10.6. The third kappa shape index (κ3) is 4.64. The van der Waals surface area contributed by atoms with E-state index in [4.69, 9.17) is 15.2 Å². The van der Waals surface area contributed by atoms with Crippen molar-refractivity contribution in [1.82, 2.24) is 0 Å². The predicted octanol–water partition coefficient (Wildman–Crippen LogP) is 1.86. The topological polar surface area (TPSA) is 61.5 Å². The van der Waals surface area contributed by atoms with Crippen LogP contribution in [0.3, 0.4) is 0 Å². The van der Waals surface area contributed by atoms with Crippen molar-refractivity contribution in [3.05, 3.63) is 0 Å². The molecule has 0 amide bonds. The van der Waals surface area contributed by atoms with E-state index in [1.165, 1.54) is 19.3 Å². The highest BCUT2D eigenvalue weighted by molar-refractivity contribution is 5.70. The summed E-state index contributed by atoms with van der Waals surface area (Å²) in [7, 11) is 1.57. The Morgan fingerprint density at radius 1 is 1.41 bits per heavy atom. The van der Waals surface area contributed by atoms with E-state index in [-0.39, 0.29) is 24.6 Å². The normalized spacial score (nSPS) is 26.5. The molecule has 0 bridgehead atoms. The fraction of sp³-hybridized carbons (Fsp3) is 0.923. The maximum absolute atomic E-state index is 11.7. The van der Waals surface area contributed by atoms with E-state index in [1.54, 1.807) is 7.11 Å². The number of nitrogens with two attached hydrogens (primary N) is 1. The molecule has 0 radical (unpaired) electrons. The van der Waals surface area contributed by atoms with Gasteiger partial charge in [-0.05, 0) is 31.6 Å². The van der Waals surface area contributed by atoms with Crippen LogP contribution in [0.2, 0.25) is 0 Å². The molecule has 0 aromatic heterocycles. The second kappa shape index (κ2) is 7.67. The van der Waals surface area contributed by atoms with Gasteiger partial charge in [0.2, 0.25) is 0 Å². The van der Waals surface area contributed by atoms with E-state index < -0.39 is 0 Å². The minimum atomic E-state index is -0.217. The Kier molecular flexibility index (Phi) is 6.52. The molecule has 2 N–H and O–H groups in total. The summed E-state index contributed by atoms with van der Waals surface area (Å²) in [6, 6.07) is 0. The van der Waals surface area contributed by atoms with Crippen LogP contribution in [-0.4, -0.2) is 31.8 Å². The minimum Gasteiger partial charge on any atom is -0.462 e. The fourth-order valence-electron chi connectivity index (χ4n) is 2.46. The summed E-state index contributed by atoms with van der Waals surface area (Å²) in [5.74, 6) is 0.360. The van der Waals surface area contributed by atoms with Crippen molar-refractivity contribution < 1.29 is 14.3 Å². The number of hydrogen-bond acceptors (Lipinski definition) is 4. The Bertz CT molecular complexity index is 229. The number of methoxy groups -OCH3 is 1. The molecular weight excluding hydrogens is 218 g/mol. The lowest BCUT2D eigenvalue weighted by molar-refractivity contribution is -0.156. The van der Waals surface area contributed by atoms with Gasteiger partial charge in [0.15, 0.2) is 0 Å². The zero-order valence-corrected chi connectivity index (χ0v) is 11.0. The first kappa shape index (κ1) is 14.5. The second-order valence-corrected chi connectivity index (χ2v) is 4.78. The molecule has 3 atom stereocenters. The van der Waals surface area contributed by atoms with Crippen molar-refractivity contribution in [1.29, 1.82) is 0 Å². The number of carbonyl (C=O) groups excluding carboxylic acids is 1. The standard InChI is InChI=1S/C13H25NO3/c1-3-10-6-4-5-7-12(10)17-13(15)8-11(9-14)16-2/h10-12H,3-9,14H2,1-2H3. The molecule has 1 fully saturated rings. The molecule has 4 heteroatoms. The molecule has 0 aromatic rings. The van der Waals surface area contributed by atoms with Gasteiger partial charge in [0.05, 0.1) is 12.5 Å². The molecule has 0 heterocycles. The highest BCUT2D eigenvalue weighted by atomic mass is 16.5. The molecule has 100 valence electrons. The molecule has 17 heavy (non-hydrogen) atoms. The van der Waals surface area contributed by atoms with Crippen molar-refractivity contribution in [3.63, 3.8) is 0 Å². The van der Waals surface area contributed by atoms with E-state index in [0.29, 0.717) is 12.5 Å². The van der Waals surface area contributed by atoms with Crippen LogP contribution in [0.4, 0.5) is 0 Å². The van der Waals surface area contributed by atoms with Crippen LogP contribution in [-0.2, 0) is 14.3 Å². The Morgan fingerprint density at radius 2 is 2.12 bits per heavy atom. The summed E-state index contributed by atoms with van der Waals surface area (Å²) in [4.78, 5) is 11.7. The molecule has 4 nitrogen and oxygen atoms in total. The molecule has 1 saturated carbocycles. The molecule has 0 spiro atoms. The van der Waals surface area contributed by atoms with Crippen molar-refractivity contribution >= 4 is 5.97 Å². The van der Waals surface area contributed by atoms with Gasteiger partial charge in [-0.1, -0.05) is 13.3 Å². The van der Waals surface area contributed by atoms with Crippen LogP contribution in [0.1, 0.15) is 45.4 Å². The third-order valence-electron chi connectivity index (χ3n) is 3.64. The monoisotopic (exact) mass is 243 g/mol. The Balaban J connectivity index is 2.38. The molecule has 0 aliphatic heterocycles. The average Bonchev–Trinajstić information content (AvgIpc) is 2.36. The molecule has 1 rings (SSSR count). The van der Waals surface area contributed by atoms with Crippen LogP contribution in [0, 0.1) is 5.92 Å². The molecule has 1 aliphatic rings. The van der Waals surface area contributed by atoms with Gasteiger partial charge in [0.25, 0.3) is 0 Å². The largest absolute Gasteiger partial charge is 0.462 e. The van der Waals surface area contributed by atoms with Crippen LogP contribution >= 0.6 is 0 Å². The summed E-state index contributed by atoms with van der Waals surface area (Å²) >= 11 is 0. The lowest BCUT2D eigenvalue weighted by atomic mass is 9.85. The molecule has 3 unspecified atom stereocenters. The molecule has 1 aliphatic carbocycles. The molecule has 0 saturated heterocycles. The lowest BCUT2D eigenvalue weighted by Gasteiger charge is -2.30. The SMILES string of the molecule is CCC1CCCCC1OC(=O)CC(CN)OC. The first-order valence-electron chi connectivity index (χ1n) is 6.63. The van der Waals surface area contributed by atoms with Gasteiger partial charge in [-0.25, -0.2) is 0 Å². The number of carbonyl (C=O) groups is 1. The van der Waals surface area contributed by atoms with E-state index in [9.17, 15) is 4.79 Å². The zero-order chi connectivity index (χ0) is 12.7. The summed E-state index contributed by atoms with van der Waals surface area (Å²) in [5.41, 5.74) is 5.49. The van der Waals surface area contributed by atoms with Gasteiger partial charge in [-0.15, -0.1) is 0 Å². The minimum absolute atomic E-state index is 0.108. The summed E-state index contributed by atoms with van der Waals surface area (Å²) in [6.07, 6.45) is 5.85. The van der Waals surface area contributed by atoms with E-state index in [1.807, 2.05) is 0 Å². The summed E-state index contributed by atoms with van der Waals surface area (Å²) in [6.45, 7) is 2.52. The van der Waals surface area contributed by atoms with Gasteiger partial charge in [0.1, 0.15) is 6.10 Å². The Labute approximate surface area is 104 Å². The van der Waals surface area contributed by atoms with Gasteiger partial charge < -0.3 is 15.2 Å². The van der Waals surface area contributed by atoms with E-state index in [2.05, 4.69) is 6.92 Å². The summed E-state index contributed by atoms with van der Waals surface area (Å²) in [5, 5.41) is 0. The number of ether oxygens (including phenoxy) is 2. The highest BCUT2D eigenvalue weighted by Crippen LogP contribution is 2.29. The predicted molar refractivity (Wildman–Crippen MR) is 66.6 cm³/mol. The van der Waals surface area contributed by atoms with Crippen molar-refractivity contribution in [2.75, 3.05) is 13.7 Å². The van der Waals surface area contributed by atoms with Crippen LogP contribution in [0.15, 0.2) is 0 Å². The number of hydrogen-bond donors (Lipinski definition) is 1. The van der Waals surface area contributed by atoms with Gasteiger partial charge in [-0.3, -0.25) is 4.79 Å². The first-order chi connectivity index (χ1) is 8.21. The maximum Gasteiger partial charge on any atom is 0.308 e. The fourth-order valence-corrected chi connectivity index (χ4v) is 2.46. The lowest BCUT2D eigenvalue weighted by Crippen LogP contribution is -2.32. The van der Waals surface area contributed by atoms with E-state index in [0.717, 1.165) is 12.8 Å². The third-order valence-corrected chi connectivity index (χ3v) is 3.64. The van der Waals surface area contributed by atoms with Crippen molar-refractivity contribution in [3.8, 4) is 0 Å². The Morgan fingerprint density at radius 3 is 2.71 bits per heavy atom. The quantitative estimate of drug-likeness (QED) is 0.723. The smallest absolute Gasteiger partial charge is 0.308 e. The molecular formula is C13H25NO3. The van der Waals surface area contributed by atoms with Gasteiger partial charge in [0, 0.05) is 13.7 Å². The highest BCUT2D eigenvalue weighted by Gasteiger charge is 2.27. The second-order valence-electron chi connectivity index (χ2n) is 4.78. The Hall–Kier alpha value is -0.610. The zero-order valence-electron chi connectivity index (χ0n) is 11.0. The maximum atomic E-state index is 11.7. The van der Waals surface area contributed by atoms with Crippen molar-refractivity contribution in [2.45, 2.75) is 57.7 Å². The van der Waals surface area contributed by atoms with E-state index >= 15 is 0 Å². The first-order valence-corrected chi connectivity index (χ1v) is 6.63. The van der Waals surface area contributed by atoms with Gasteiger partial charge >= 0.3 is 5.97 Å². The number of esters is 1. The van der Waals surface area contributed by atoms with Crippen LogP contribution < -0.4 is 5.73 Å². The molecule has 0 aromatic carbocycles.